The van der Waals surface area contributed by atoms with Crippen molar-refractivity contribution in [1.29, 1.82) is 0 Å². The van der Waals surface area contributed by atoms with E-state index in [-0.39, 0.29) is 38.5 Å². The fourth-order valence-electron chi connectivity index (χ4n) is 6.76. The summed E-state index contributed by atoms with van der Waals surface area (Å²) in [5, 5.41) is 94.7. The van der Waals surface area contributed by atoms with Gasteiger partial charge in [0, 0.05) is 25.6 Å². The van der Waals surface area contributed by atoms with E-state index in [9.17, 15) is 45.6 Å². The summed E-state index contributed by atoms with van der Waals surface area (Å²) in [6.45, 7) is 1.66. The van der Waals surface area contributed by atoms with Crippen molar-refractivity contribution in [3.8, 4) is 0 Å². The lowest BCUT2D eigenvalue weighted by Gasteiger charge is -2.49. The minimum absolute atomic E-state index is 0.0549. The van der Waals surface area contributed by atoms with Crippen molar-refractivity contribution < 1.29 is 64.6 Å². The zero-order valence-corrected chi connectivity index (χ0v) is 28.2. The summed E-state index contributed by atoms with van der Waals surface area (Å²) in [5.41, 5.74) is 19.3. The van der Waals surface area contributed by atoms with E-state index in [1.165, 1.54) is 14.0 Å². The van der Waals surface area contributed by atoms with Crippen molar-refractivity contribution in [2.24, 2.45) is 27.9 Å². The highest BCUT2D eigenvalue weighted by molar-refractivity contribution is 5.90. The molecule has 0 aromatic rings. The average Bonchev–Trinajstić information content (AvgIpc) is 3.70. The molecule has 2 heterocycles. The fraction of sp³-hybridized carbons (Fsp3) is 0.931. The van der Waals surface area contributed by atoms with Gasteiger partial charge in [-0.3, -0.25) is 4.79 Å². The van der Waals surface area contributed by atoms with Crippen LogP contribution in [0.4, 0.5) is 0 Å². The Hall–Kier alpha value is -1.90. The number of carbonyl (C=O) groups is 1. The second-order valence-electron chi connectivity index (χ2n) is 13.9. The highest BCUT2D eigenvalue weighted by Crippen LogP contribution is 2.40. The molecule has 21 heteroatoms. The molecule has 17 atom stereocenters. The predicted octanol–water partition coefficient (Wildman–Crippen LogP) is -8.34. The molecule has 0 aromatic carbocycles. The third kappa shape index (κ3) is 9.17. The Labute approximate surface area is 289 Å². The number of hydrogen-bond acceptors (Lipinski definition) is 18. The Bertz CT molecular complexity index is 1160. The molecule has 0 radical (unpaired) electrons. The topological polar surface area (TPSA) is 368 Å². The van der Waals surface area contributed by atoms with Crippen LogP contribution in [0.15, 0.2) is 4.99 Å². The first-order chi connectivity index (χ1) is 23.4. The summed E-state index contributed by atoms with van der Waals surface area (Å²) in [6, 6.07) is -4.02. The first kappa shape index (κ1) is 40.9. The number of ether oxygens (including phenoxy) is 4. The van der Waals surface area contributed by atoms with Crippen LogP contribution in [0.2, 0.25) is 0 Å². The molecule has 2 aliphatic heterocycles. The third-order valence-corrected chi connectivity index (χ3v) is 9.79. The van der Waals surface area contributed by atoms with E-state index >= 15 is 0 Å². The largest absolute Gasteiger partial charge is 0.392 e. The molecular weight excluding hydrogens is 668 g/mol. The number of rotatable bonds is 15. The van der Waals surface area contributed by atoms with E-state index in [0.29, 0.717) is 19.4 Å². The standard InChI is InChI=1S/C29H56N8O13/c1-28(45)10-47-24(20(43)23(28)34-2)50-22-13(36-26(44)29(46)7-15(29)37-27(32)33)6-12(31)21(19(22)42)49-25-18(41)17(40)16(39)14(48-25)9-35-8-11(38)4-3-5-30/h11-25,34-35,38-43,45-46H,3-10,30-31H2,1-2H3,(H,36,44)(H4,32,33,37)/t11?,12-,13+,14+,15?,16+,17-,18+,19-,20+,21?,22-,23+,24+,25+,28-,29?/m0/s1. The zero-order valence-electron chi connectivity index (χ0n) is 28.2. The van der Waals surface area contributed by atoms with Crippen molar-refractivity contribution in [2.75, 3.05) is 33.3 Å². The molecule has 2 saturated carbocycles. The van der Waals surface area contributed by atoms with Gasteiger partial charge in [-0.2, -0.15) is 0 Å². The molecule has 290 valence electrons. The number of aliphatic hydroxyl groups excluding tert-OH is 6. The lowest BCUT2D eigenvalue weighted by molar-refractivity contribution is -0.331. The Morgan fingerprint density at radius 2 is 1.70 bits per heavy atom. The second-order valence-corrected chi connectivity index (χ2v) is 13.9. The number of nitrogens with two attached hydrogens (primary N) is 4. The van der Waals surface area contributed by atoms with Gasteiger partial charge in [0.1, 0.15) is 54.4 Å². The molecule has 2 saturated heterocycles. The predicted molar refractivity (Wildman–Crippen MR) is 173 cm³/mol. The first-order valence-corrected chi connectivity index (χ1v) is 16.8. The molecule has 0 bridgehead atoms. The molecule has 21 nitrogen and oxygen atoms in total. The molecule has 19 N–H and O–H groups in total. The maximum atomic E-state index is 13.2. The lowest BCUT2D eigenvalue weighted by atomic mass is 9.83. The number of guanidine groups is 1. The smallest absolute Gasteiger partial charge is 0.254 e. The van der Waals surface area contributed by atoms with Crippen molar-refractivity contribution in [2.45, 2.75) is 135 Å². The van der Waals surface area contributed by atoms with Gasteiger partial charge < -0.3 is 98.7 Å². The van der Waals surface area contributed by atoms with Crippen molar-refractivity contribution in [1.82, 2.24) is 16.0 Å². The number of carbonyl (C=O) groups excluding carboxylic acids is 1. The Morgan fingerprint density at radius 1 is 1.02 bits per heavy atom. The van der Waals surface area contributed by atoms with Crippen molar-refractivity contribution >= 4 is 11.9 Å². The van der Waals surface area contributed by atoms with Gasteiger partial charge in [-0.15, -0.1) is 0 Å². The number of nitrogens with zero attached hydrogens (tertiary/aromatic N) is 1. The summed E-state index contributed by atoms with van der Waals surface area (Å²) in [6.07, 6.45) is -15.1. The third-order valence-electron chi connectivity index (χ3n) is 9.79. The van der Waals surface area contributed by atoms with Crippen LogP contribution in [0.1, 0.15) is 32.6 Å². The Morgan fingerprint density at radius 3 is 2.34 bits per heavy atom. The normalized spacial score (nSPS) is 45.4. The molecule has 4 aliphatic rings. The fourth-order valence-corrected chi connectivity index (χ4v) is 6.76. The van der Waals surface area contributed by atoms with E-state index in [4.69, 9.17) is 41.9 Å². The lowest BCUT2D eigenvalue weighted by Crippen LogP contribution is -2.70. The van der Waals surface area contributed by atoms with Gasteiger partial charge in [0.05, 0.1) is 30.8 Å². The van der Waals surface area contributed by atoms with Crippen LogP contribution in [0, 0.1) is 0 Å². The van der Waals surface area contributed by atoms with Gasteiger partial charge in [-0.1, -0.05) is 0 Å². The maximum absolute atomic E-state index is 13.2. The summed E-state index contributed by atoms with van der Waals surface area (Å²) in [5.74, 6) is -1.20. The van der Waals surface area contributed by atoms with E-state index in [1.54, 1.807) is 0 Å². The van der Waals surface area contributed by atoms with Gasteiger partial charge >= 0.3 is 0 Å². The molecule has 1 amide bonds. The number of nitrogens with one attached hydrogen (secondary N) is 3. The molecule has 0 aromatic heterocycles. The van der Waals surface area contributed by atoms with E-state index < -0.39 is 109 Å². The van der Waals surface area contributed by atoms with Gasteiger partial charge in [-0.25, -0.2) is 4.99 Å². The monoisotopic (exact) mass is 724 g/mol. The van der Waals surface area contributed by atoms with Crippen LogP contribution in [0.25, 0.3) is 0 Å². The van der Waals surface area contributed by atoms with Gasteiger partial charge in [0.2, 0.25) is 0 Å². The minimum Gasteiger partial charge on any atom is -0.392 e. The van der Waals surface area contributed by atoms with Crippen LogP contribution < -0.4 is 38.9 Å². The average molecular weight is 725 g/mol. The summed E-state index contributed by atoms with van der Waals surface area (Å²) < 4.78 is 23.4. The van der Waals surface area contributed by atoms with Gasteiger partial charge in [0.15, 0.2) is 24.1 Å². The van der Waals surface area contributed by atoms with Crippen LogP contribution in [-0.2, 0) is 23.7 Å². The molecule has 4 unspecified atom stereocenters. The van der Waals surface area contributed by atoms with Gasteiger partial charge in [0.25, 0.3) is 5.91 Å². The van der Waals surface area contributed by atoms with Crippen LogP contribution >= 0.6 is 0 Å². The summed E-state index contributed by atoms with van der Waals surface area (Å²) >= 11 is 0. The number of aliphatic hydroxyl groups is 8. The first-order valence-electron chi connectivity index (χ1n) is 16.8. The van der Waals surface area contributed by atoms with E-state index in [0.717, 1.165) is 0 Å². The van der Waals surface area contributed by atoms with Crippen LogP contribution in [-0.4, -0.2) is 189 Å². The number of aliphatic imine (C=N–C) groups is 1. The SMILES string of the molecule is CN[C@@H]1[C@@H](O)[C@@H](O[C@H]2[C@H](NC(=O)C3(O)CC3N=C(N)N)C[C@H](N)C(O[C@H]3O[C@H](CNCC(O)CCCN)[C@@H](O)[C@H](O)[C@H]3O)[C@@H]2O)OC[C@]1(C)O. The quantitative estimate of drug-likeness (QED) is 0.0550. The highest BCUT2D eigenvalue weighted by Gasteiger charge is 2.61. The van der Waals surface area contributed by atoms with Crippen LogP contribution in [0.3, 0.4) is 0 Å². The number of hydrogen-bond donors (Lipinski definition) is 15. The molecule has 2 aliphatic carbocycles. The molecule has 50 heavy (non-hydrogen) atoms. The molecule has 4 rings (SSSR count). The number of amides is 1. The van der Waals surface area contributed by atoms with E-state index in [2.05, 4.69) is 20.9 Å². The molecular formula is C29H56N8O13. The highest BCUT2D eigenvalue weighted by atomic mass is 16.7. The Kier molecular flexibility index (Phi) is 13.8. The van der Waals surface area contributed by atoms with Gasteiger partial charge in [-0.05, 0) is 39.8 Å². The number of likely N-dealkylation sites (N-methyl/N-ethyl adjacent to an activating group) is 1. The Balaban J connectivity index is 1.51. The molecule has 0 spiro atoms. The zero-order chi connectivity index (χ0) is 37.1. The van der Waals surface area contributed by atoms with Crippen molar-refractivity contribution in [3.05, 3.63) is 0 Å². The minimum atomic E-state index is -1.95. The van der Waals surface area contributed by atoms with Crippen LogP contribution in [0.5, 0.6) is 0 Å². The maximum Gasteiger partial charge on any atom is 0.254 e. The molecule has 4 fully saturated rings. The second kappa shape index (κ2) is 16.8. The summed E-state index contributed by atoms with van der Waals surface area (Å²) in [4.78, 5) is 17.1. The van der Waals surface area contributed by atoms with Crippen molar-refractivity contribution in [3.63, 3.8) is 0 Å². The van der Waals surface area contributed by atoms with E-state index in [1.807, 2.05) is 0 Å². The summed E-state index contributed by atoms with van der Waals surface area (Å²) in [7, 11) is 1.52.